The molecule has 2 unspecified atom stereocenters. The van der Waals surface area contributed by atoms with E-state index in [1.165, 1.54) is 5.56 Å². The second-order valence-electron chi connectivity index (χ2n) is 6.69. The van der Waals surface area contributed by atoms with Crippen LogP contribution in [0.3, 0.4) is 0 Å². The Morgan fingerprint density at radius 1 is 0.926 bits per heavy atom. The van der Waals surface area contributed by atoms with Crippen molar-refractivity contribution >= 4 is 11.8 Å². The summed E-state index contributed by atoms with van der Waals surface area (Å²) in [7, 11) is 0. The molecule has 136 valence electrons. The van der Waals surface area contributed by atoms with E-state index in [0.29, 0.717) is 0 Å². The van der Waals surface area contributed by atoms with Crippen molar-refractivity contribution in [3.05, 3.63) is 102 Å². The first-order valence-corrected chi connectivity index (χ1v) is 9.17. The van der Waals surface area contributed by atoms with Gasteiger partial charge >= 0.3 is 6.09 Å². The molecule has 4 nitrogen and oxygen atoms in total. The van der Waals surface area contributed by atoms with Crippen molar-refractivity contribution in [1.82, 2.24) is 5.32 Å². The van der Waals surface area contributed by atoms with E-state index in [4.69, 9.17) is 4.74 Å². The lowest BCUT2D eigenvalue weighted by Crippen LogP contribution is -2.34. The van der Waals surface area contributed by atoms with Gasteiger partial charge in [0.15, 0.2) is 0 Å². The van der Waals surface area contributed by atoms with Gasteiger partial charge in [-0.3, -0.25) is 0 Å². The zero-order valence-corrected chi connectivity index (χ0v) is 15.0. The molecule has 0 fully saturated rings. The number of ether oxygens (including phenoxy) is 1. The maximum atomic E-state index is 12.4. The van der Waals surface area contributed by atoms with Crippen LogP contribution < -0.4 is 10.6 Å². The van der Waals surface area contributed by atoms with Crippen molar-refractivity contribution < 1.29 is 9.53 Å². The van der Waals surface area contributed by atoms with Gasteiger partial charge in [0.05, 0.1) is 12.1 Å². The molecule has 2 atom stereocenters. The molecule has 0 aliphatic carbocycles. The molecule has 3 aromatic rings. The molecule has 1 aliphatic rings. The van der Waals surface area contributed by atoms with Crippen molar-refractivity contribution in [1.29, 1.82) is 0 Å². The first-order chi connectivity index (χ1) is 13.3. The van der Waals surface area contributed by atoms with Crippen molar-refractivity contribution in [3.8, 4) is 0 Å². The van der Waals surface area contributed by atoms with Gasteiger partial charge in [0.1, 0.15) is 6.61 Å². The van der Waals surface area contributed by atoms with E-state index < -0.39 is 6.09 Å². The number of benzene rings is 3. The average Bonchev–Trinajstić information content (AvgIpc) is 2.73. The van der Waals surface area contributed by atoms with Crippen LogP contribution >= 0.6 is 0 Å². The zero-order chi connectivity index (χ0) is 18.5. The molecule has 0 saturated carbocycles. The Kier molecular flexibility index (Phi) is 5.06. The molecule has 2 N–H and O–H groups in total. The number of carbonyl (C=O) groups is 1. The number of para-hydroxylation sites is 1. The molecular weight excluding hydrogens is 336 g/mol. The number of rotatable bonds is 4. The van der Waals surface area contributed by atoms with Crippen LogP contribution in [0.1, 0.15) is 35.2 Å². The number of hydrogen-bond acceptors (Lipinski definition) is 3. The van der Waals surface area contributed by atoms with Gasteiger partial charge < -0.3 is 15.4 Å². The normalized spacial score (nSPS) is 18.1. The van der Waals surface area contributed by atoms with Gasteiger partial charge in [-0.05, 0) is 29.2 Å². The Balaban J connectivity index is 1.47. The molecule has 3 aromatic carbocycles. The van der Waals surface area contributed by atoms with Gasteiger partial charge in [0, 0.05) is 5.69 Å². The lowest BCUT2D eigenvalue weighted by Gasteiger charge is -2.33. The Bertz CT molecular complexity index is 897. The van der Waals surface area contributed by atoms with Crippen LogP contribution in [0.4, 0.5) is 10.5 Å². The molecule has 4 heteroatoms. The minimum atomic E-state index is -0.396. The summed E-state index contributed by atoms with van der Waals surface area (Å²) in [6.45, 7) is 0.265. The molecule has 0 radical (unpaired) electrons. The highest BCUT2D eigenvalue weighted by atomic mass is 16.5. The number of carbonyl (C=O) groups excluding carboxylic acids is 1. The zero-order valence-electron chi connectivity index (χ0n) is 15.0. The van der Waals surface area contributed by atoms with Gasteiger partial charge in [-0.15, -0.1) is 0 Å². The largest absolute Gasteiger partial charge is 0.445 e. The lowest BCUT2D eigenvalue weighted by atomic mass is 9.89. The van der Waals surface area contributed by atoms with Gasteiger partial charge in [-0.1, -0.05) is 78.9 Å². The van der Waals surface area contributed by atoms with Gasteiger partial charge in [-0.25, -0.2) is 4.79 Å². The molecule has 1 heterocycles. The summed E-state index contributed by atoms with van der Waals surface area (Å²) in [5.41, 5.74) is 4.31. The Labute approximate surface area is 159 Å². The summed E-state index contributed by atoms with van der Waals surface area (Å²) in [6.07, 6.45) is 0.369. The highest BCUT2D eigenvalue weighted by molar-refractivity contribution is 5.69. The van der Waals surface area contributed by atoms with Crippen molar-refractivity contribution in [2.24, 2.45) is 0 Å². The predicted octanol–water partition coefficient (Wildman–Crippen LogP) is 5.21. The third-order valence-corrected chi connectivity index (χ3v) is 4.84. The maximum absolute atomic E-state index is 12.4. The third kappa shape index (κ3) is 4.11. The highest BCUT2D eigenvalue weighted by Crippen LogP contribution is 2.38. The number of anilines is 1. The minimum Gasteiger partial charge on any atom is -0.445 e. The predicted molar refractivity (Wildman–Crippen MR) is 106 cm³/mol. The molecule has 0 bridgehead atoms. The van der Waals surface area contributed by atoms with Crippen LogP contribution in [0.5, 0.6) is 0 Å². The van der Waals surface area contributed by atoms with Gasteiger partial charge in [-0.2, -0.15) is 0 Å². The Hall–Kier alpha value is -3.27. The summed E-state index contributed by atoms with van der Waals surface area (Å²) in [4.78, 5) is 12.4. The fourth-order valence-corrected chi connectivity index (χ4v) is 3.49. The van der Waals surface area contributed by atoms with Crippen LogP contribution in [0.25, 0.3) is 0 Å². The smallest absolute Gasteiger partial charge is 0.407 e. The van der Waals surface area contributed by atoms with Crippen LogP contribution in [-0.4, -0.2) is 6.09 Å². The van der Waals surface area contributed by atoms with E-state index in [2.05, 4.69) is 28.8 Å². The first-order valence-electron chi connectivity index (χ1n) is 9.17. The van der Waals surface area contributed by atoms with Crippen LogP contribution in [0.2, 0.25) is 0 Å². The van der Waals surface area contributed by atoms with Crippen molar-refractivity contribution in [2.45, 2.75) is 25.1 Å². The summed E-state index contributed by atoms with van der Waals surface area (Å²) >= 11 is 0. The minimum absolute atomic E-state index is 0.101. The summed E-state index contributed by atoms with van der Waals surface area (Å²) in [5.74, 6) is 0. The molecular formula is C23H22N2O2. The number of amides is 1. The van der Waals surface area contributed by atoms with Crippen LogP contribution in [0.15, 0.2) is 84.9 Å². The second-order valence-corrected chi connectivity index (χ2v) is 6.69. The quantitative estimate of drug-likeness (QED) is 0.673. The molecule has 0 saturated heterocycles. The van der Waals surface area contributed by atoms with E-state index in [1.807, 2.05) is 66.7 Å². The monoisotopic (exact) mass is 358 g/mol. The first kappa shape index (κ1) is 17.2. The van der Waals surface area contributed by atoms with E-state index >= 15 is 0 Å². The van der Waals surface area contributed by atoms with Gasteiger partial charge in [0.2, 0.25) is 0 Å². The topological polar surface area (TPSA) is 50.4 Å². The standard InChI is InChI=1S/C23H22N2O2/c26-23(27-16-17-9-3-1-4-10-17)25-22-15-21(18-11-5-2-6-12-18)24-20-14-8-7-13-19(20)22/h1-14,21-22,24H,15-16H2,(H,25,26). The van der Waals surface area contributed by atoms with E-state index in [1.54, 1.807) is 0 Å². The van der Waals surface area contributed by atoms with E-state index in [0.717, 1.165) is 23.2 Å². The van der Waals surface area contributed by atoms with E-state index in [-0.39, 0.29) is 18.7 Å². The summed E-state index contributed by atoms with van der Waals surface area (Å²) in [6, 6.07) is 28.1. The van der Waals surface area contributed by atoms with Crippen molar-refractivity contribution in [3.63, 3.8) is 0 Å². The number of fused-ring (bicyclic) bond motifs is 1. The SMILES string of the molecule is O=C(NC1CC(c2ccccc2)Nc2ccccc21)OCc1ccccc1. The van der Waals surface area contributed by atoms with Crippen LogP contribution in [-0.2, 0) is 11.3 Å². The fourth-order valence-electron chi connectivity index (χ4n) is 3.49. The average molecular weight is 358 g/mol. The molecule has 1 amide bonds. The number of hydrogen-bond donors (Lipinski definition) is 2. The molecule has 0 spiro atoms. The summed E-state index contributed by atoms with van der Waals surface area (Å²) in [5, 5.41) is 6.63. The van der Waals surface area contributed by atoms with Gasteiger partial charge in [0.25, 0.3) is 0 Å². The summed E-state index contributed by atoms with van der Waals surface area (Å²) < 4.78 is 5.42. The highest BCUT2D eigenvalue weighted by Gasteiger charge is 2.28. The molecule has 1 aliphatic heterocycles. The molecule has 0 aromatic heterocycles. The Morgan fingerprint density at radius 2 is 1.59 bits per heavy atom. The van der Waals surface area contributed by atoms with Crippen LogP contribution in [0, 0.1) is 0 Å². The molecule has 27 heavy (non-hydrogen) atoms. The van der Waals surface area contributed by atoms with Crippen molar-refractivity contribution in [2.75, 3.05) is 5.32 Å². The fraction of sp³-hybridized carbons (Fsp3) is 0.174. The Morgan fingerprint density at radius 3 is 2.37 bits per heavy atom. The second kappa shape index (κ2) is 7.96. The number of alkyl carbamates (subject to hydrolysis) is 1. The molecule has 4 rings (SSSR count). The maximum Gasteiger partial charge on any atom is 0.407 e. The lowest BCUT2D eigenvalue weighted by molar-refractivity contribution is 0.134. The number of nitrogens with one attached hydrogen (secondary N) is 2. The third-order valence-electron chi connectivity index (χ3n) is 4.84. The van der Waals surface area contributed by atoms with E-state index in [9.17, 15) is 4.79 Å².